The number of likely N-dealkylation sites (tertiary alicyclic amines) is 1. The number of hydrogen-bond donors (Lipinski definition) is 1. The molecule has 1 radical (unpaired) electrons. The number of piperidine rings is 1. The zero-order chi connectivity index (χ0) is 15.2. The van der Waals surface area contributed by atoms with Crippen molar-refractivity contribution in [2.75, 3.05) is 25.1 Å². The van der Waals surface area contributed by atoms with Crippen molar-refractivity contribution in [1.82, 2.24) is 19.8 Å². The predicted molar refractivity (Wildman–Crippen MR) is 86.6 cm³/mol. The summed E-state index contributed by atoms with van der Waals surface area (Å²) in [7, 11) is 0. The molecule has 1 saturated heterocycles. The van der Waals surface area contributed by atoms with Gasteiger partial charge in [-0.15, -0.1) is 10.2 Å². The molecule has 0 aliphatic carbocycles. The second-order valence-corrected chi connectivity index (χ2v) is 5.55. The van der Waals surface area contributed by atoms with Gasteiger partial charge < -0.3 is 5.43 Å². The van der Waals surface area contributed by atoms with Crippen molar-refractivity contribution in [2.45, 2.75) is 18.9 Å². The zero-order valence-electron chi connectivity index (χ0n) is 12.6. The molecule has 22 heavy (non-hydrogen) atoms. The molecule has 3 rings (SSSR count). The molecule has 1 aliphatic rings. The van der Waals surface area contributed by atoms with Crippen molar-refractivity contribution in [2.24, 2.45) is 0 Å². The fourth-order valence-electron chi connectivity index (χ4n) is 2.54. The average molecular weight is 294 g/mol. The normalized spacial score (nSPS) is 16.0. The monoisotopic (exact) mass is 294 g/mol. The van der Waals surface area contributed by atoms with Crippen LogP contribution in [0.2, 0.25) is 0 Å². The third-order valence-corrected chi connectivity index (χ3v) is 3.83. The Hall–Kier alpha value is -2.32. The topological polar surface area (TPSA) is 46.0 Å². The van der Waals surface area contributed by atoms with Crippen molar-refractivity contribution in [3.63, 3.8) is 0 Å². The van der Waals surface area contributed by atoms with E-state index in [1.165, 1.54) is 0 Å². The molecule has 0 saturated carbocycles. The SMILES string of the molecule is [CH2]c1ccc(C#CCN2CCC(Nn3cnnc3)CC2)cc1. The number of nitrogens with one attached hydrogen (secondary N) is 1. The summed E-state index contributed by atoms with van der Waals surface area (Å²) in [6, 6.07) is 8.50. The highest BCUT2D eigenvalue weighted by Crippen LogP contribution is 2.10. The van der Waals surface area contributed by atoms with Gasteiger partial charge in [-0.05, 0) is 37.5 Å². The van der Waals surface area contributed by atoms with Crippen LogP contribution < -0.4 is 5.43 Å². The van der Waals surface area contributed by atoms with E-state index in [1.54, 1.807) is 12.7 Å². The average Bonchev–Trinajstić information content (AvgIpc) is 3.04. The Morgan fingerprint density at radius 2 is 1.82 bits per heavy atom. The number of rotatable bonds is 3. The van der Waals surface area contributed by atoms with Gasteiger partial charge >= 0.3 is 0 Å². The van der Waals surface area contributed by atoms with E-state index in [2.05, 4.69) is 39.3 Å². The first-order valence-electron chi connectivity index (χ1n) is 7.54. The van der Waals surface area contributed by atoms with Crippen LogP contribution in [-0.2, 0) is 0 Å². The Morgan fingerprint density at radius 1 is 1.14 bits per heavy atom. The highest BCUT2D eigenvalue weighted by Gasteiger charge is 2.18. The molecule has 1 N–H and O–H groups in total. The van der Waals surface area contributed by atoms with Gasteiger partial charge in [0.15, 0.2) is 0 Å². The number of hydrogen-bond acceptors (Lipinski definition) is 4. The maximum Gasteiger partial charge on any atom is 0.138 e. The third-order valence-electron chi connectivity index (χ3n) is 3.83. The summed E-state index contributed by atoms with van der Waals surface area (Å²) in [6.07, 6.45) is 5.59. The second-order valence-electron chi connectivity index (χ2n) is 5.55. The van der Waals surface area contributed by atoms with Crippen LogP contribution in [-0.4, -0.2) is 45.4 Å². The van der Waals surface area contributed by atoms with Crippen LogP contribution in [0.25, 0.3) is 0 Å². The summed E-state index contributed by atoms with van der Waals surface area (Å²) in [6.45, 7) is 6.83. The molecule has 1 aromatic carbocycles. The Labute approximate surface area is 131 Å². The van der Waals surface area contributed by atoms with E-state index in [4.69, 9.17) is 0 Å². The van der Waals surface area contributed by atoms with Crippen LogP contribution in [0.3, 0.4) is 0 Å². The minimum atomic E-state index is 0.477. The third kappa shape index (κ3) is 4.09. The summed E-state index contributed by atoms with van der Waals surface area (Å²) < 4.78 is 1.83. The smallest absolute Gasteiger partial charge is 0.138 e. The quantitative estimate of drug-likeness (QED) is 0.872. The van der Waals surface area contributed by atoms with Crippen LogP contribution in [0, 0.1) is 18.8 Å². The lowest BCUT2D eigenvalue weighted by Crippen LogP contribution is -2.41. The highest BCUT2D eigenvalue weighted by molar-refractivity contribution is 5.36. The van der Waals surface area contributed by atoms with Crippen molar-refractivity contribution < 1.29 is 0 Å². The maximum atomic E-state index is 3.88. The van der Waals surface area contributed by atoms with Crippen LogP contribution in [0.15, 0.2) is 36.9 Å². The van der Waals surface area contributed by atoms with Crippen molar-refractivity contribution in [1.29, 1.82) is 0 Å². The molecule has 1 fully saturated rings. The fourth-order valence-corrected chi connectivity index (χ4v) is 2.54. The summed E-state index contributed by atoms with van der Waals surface area (Å²) in [5, 5.41) is 7.59. The van der Waals surface area contributed by atoms with Crippen molar-refractivity contribution >= 4 is 0 Å². The molecule has 0 atom stereocenters. The minimum Gasteiger partial charge on any atom is -0.320 e. The molecule has 2 aromatic rings. The van der Waals surface area contributed by atoms with E-state index in [0.717, 1.165) is 43.6 Å². The van der Waals surface area contributed by atoms with Crippen molar-refractivity contribution in [3.05, 3.63) is 55.0 Å². The molecule has 113 valence electrons. The van der Waals surface area contributed by atoms with Gasteiger partial charge in [0.1, 0.15) is 12.7 Å². The minimum absolute atomic E-state index is 0.477. The van der Waals surface area contributed by atoms with Crippen molar-refractivity contribution in [3.8, 4) is 11.8 Å². The van der Waals surface area contributed by atoms with E-state index in [0.29, 0.717) is 6.04 Å². The lowest BCUT2D eigenvalue weighted by Gasteiger charge is -2.31. The summed E-state index contributed by atoms with van der Waals surface area (Å²) in [5.41, 5.74) is 5.47. The fraction of sp³-hybridized carbons (Fsp3) is 0.353. The first-order valence-corrected chi connectivity index (χ1v) is 7.54. The van der Waals surface area contributed by atoms with Gasteiger partial charge in [0.2, 0.25) is 0 Å². The lowest BCUT2D eigenvalue weighted by atomic mass is 10.1. The molecule has 1 aliphatic heterocycles. The van der Waals surface area contributed by atoms with Crippen LogP contribution in [0.4, 0.5) is 0 Å². The molecule has 0 unspecified atom stereocenters. The molecule has 0 spiro atoms. The Balaban J connectivity index is 1.43. The number of aromatic nitrogens is 3. The first kappa shape index (κ1) is 14.6. The van der Waals surface area contributed by atoms with Gasteiger partial charge in [0.05, 0.1) is 6.54 Å². The van der Waals surface area contributed by atoms with Gasteiger partial charge in [-0.25, -0.2) is 4.68 Å². The Morgan fingerprint density at radius 3 is 2.50 bits per heavy atom. The second kappa shape index (κ2) is 7.10. The maximum absolute atomic E-state index is 3.88. The van der Waals surface area contributed by atoms with Gasteiger partial charge in [0, 0.05) is 24.7 Å². The number of nitrogens with zero attached hydrogens (tertiary/aromatic N) is 4. The Kier molecular flexibility index (Phi) is 4.71. The van der Waals surface area contributed by atoms with E-state index >= 15 is 0 Å². The van der Waals surface area contributed by atoms with E-state index in [1.807, 2.05) is 28.9 Å². The van der Waals surface area contributed by atoms with E-state index < -0.39 is 0 Å². The first-order chi connectivity index (χ1) is 10.8. The lowest BCUT2D eigenvalue weighted by molar-refractivity contribution is 0.238. The summed E-state index contributed by atoms with van der Waals surface area (Å²) >= 11 is 0. The summed E-state index contributed by atoms with van der Waals surface area (Å²) in [4.78, 5) is 2.40. The predicted octanol–water partition coefficient (Wildman–Crippen LogP) is 1.52. The van der Waals surface area contributed by atoms with Gasteiger partial charge in [-0.3, -0.25) is 4.90 Å². The van der Waals surface area contributed by atoms with Gasteiger partial charge in [-0.1, -0.05) is 24.0 Å². The zero-order valence-corrected chi connectivity index (χ0v) is 12.6. The van der Waals surface area contributed by atoms with Crippen LogP contribution in [0.5, 0.6) is 0 Å². The molecule has 1 aromatic heterocycles. The standard InChI is InChI=1S/C17H20N5/c1-15-4-6-16(7-5-15)3-2-10-21-11-8-17(9-12-21)20-22-13-18-19-14-22/h4-7,13-14,17,20H,1,8-12H2. The molecular formula is C17H20N5. The molecular weight excluding hydrogens is 274 g/mol. The molecule has 5 heteroatoms. The largest absolute Gasteiger partial charge is 0.320 e. The van der Waals surface area contributed by atoms with Crippen LogP contribution in [0.1, 0.15) is 24.0 Å². The number of benzene rings is 1. The molecule has 0 amide bonds. The molecule has 5 nitrogen and oxygen atoms in total. The van der Waals surface area contributed by atoms with Gasteiger partial charge in [-0.2, -0.15) is 0 Å². The van der Waals surface area contributed by atoms with Crippen LogP contribution >= 0.6 is 0 Å². The summed E-state index contributed by atoms with van der Waals surface area (Å²) in [5.74, 6) is 6.47. The van der Waals surface area contributed by atoms with E-state index in [-0.39, 0.29) is 0 Å². The van der Waals surface area contributed by atoms with Gasteiger partial charge in [0.25, 0.3) is 0 Å². The highest BCUT2D eigenvalue weighted by atomic mass is 15.5. The molecule has 2 heterocycles. The Bertz CT molecular complexity index is 628. The molecule has 0 bridgehead atoms. The van der Waals surface area contributed by atoms with E-state index in [9.17, 15) is 0 Å².